The number of aliphatic hydroxyl groups excluding tert-OH is 8. The SMILES string of the molecule is C=C(CC(=O)O)C(=O)O.C=C(CC(=O)O)C(=O)O.C=C(CC(=O)O)C(=O)O.C=C(CC(=O)O)C(=O)O.C=C(CC(=O)O)C(=O)O.OCC(CO)(CO)CO.OCC(CO)(CO)CO. The molecule has 0 saturated heterocycles. The van der Waals surface area contributed by atoms with Crippen molar-refractivity contribution in [3.8, 4) is 0 Å². The third kappa shape index (κ3) is 47.6. The molecule has 0 aromatic rings. The third-order valence-corrected chi connectivity index (χ3v) is 6.02. The molecule has 18 N–H and O–H groups in total. The van der Waals surface area contributed by atoms with Crippen LogP contribution in [-0.4, -0.2) is 204 Å². The third-order valence-electron chi connectivity index (χ3n) is 6.02. The monoisotopic (exact) mass is 922 g/mol. The Morgan fingerprint density at radius 3 is 0.365 bits per heavy atom. The van der Waals surface area contributed by atoms with Crippen LogP contribution in [0.5, 0.6) is 0 Å². The van der Waals surface area contributed by atoms with Crippen LogP contribution in [-0.2, 0) is 47.9 Å². The van der Waals surface area contributed by atoms with Gasteiger partial charge >= 0.3 is 59.7 Å². The first-order valence-electron chi connectivity index (χ1n) is 16.2. The largest absolute Gasteiger partial charge is 0.481 e. The van der Waals surface area contributed by atoms with Crippen LogP contribution in [0.25, 0.3) is 0 Å². The molecule has 0 fully saturated rings. The van der Waals surface area contributed by atoms with Gasteiger partial charge in [0.05, 0.1) is 95.8 Å². The first-order chi connectivity index (χ1) is 28.7. The van der Waals surface area contributed by atoms with Crippen LogP contribution in [0.2, 0.25) is 0 Å². The summed E-state index contributed by atoms with van der Waals surface area (Å²) in [4.78, 5) is 98.3. The summed E-state index contributed by atoms with van der Waals surface area (Å²) in [6.45, 7) is 11.8. The molecular formula is C35H54O28. The maximum absolute atomic E-state index is 9.87. The van der Waals surface area contributed by atoms with Gasteiger partial charge in [0.1, 0.15) is 0 Å². The molecular weight excluding hydrogens is 868 g/mol. The van der Waals surface area contributed by atoms with Crippen LogP contribution < -0.4 is 0 Å². The number of carboxylic acids is 10. The number of aliphatic carboxylic acids is 10. The van der Waals surface area contributed by atoms with Crippen molar-refractivity contribution in [2.24, 2.45) is 10.8 Å². The lowest BCUT2D eigenvalue weighted by Crippen LogP contribution is -2.37. The standard InChI is InChI=1S/2C5H12O4.5C5H6O4/c2*6-1-5(2-7,3-8)4-9;5*1-3(5(8)9)2-4(6)7/h2*6-9H,1-4H2;5*1-2H2,(H,6,7)(H,8,9). The normalized spacial score (nSPS) is 9.46. The van der Waals surface area contributed by atoms with E-state index in [0.29, 0.717) is 0 Å². The molecule has 0 aliphatic heterocycles. The number of carbonyl (C=O) groups is 10. The summed E-state index contributed by atoms with van der Waals surface area (Å²) in [5.74, 6) is -12.2. The molecule has 0 amide bonds. The molecule has 0 aromatic carbocycles. The smallest absolute Gasteiger partial charge is 0.331 e. The molecule has 0 atom stereocenters. The Morgan fingerprint density at radius 1 is 0.254 bits per heavy atom. The lowest BCUT2D eigenvalue weighted by molar-refractivity contribution is -0.139. The fourth-order valence-electron chi connectivity index (χ4n) is 1.89. The zero-order valence-corrected chi connectivity index (χ0v) is 33.4. The minimum atomic E-state index is -1.27. The zero-order chi connectivity index (χ0) is 51.9. The Kier molecular flexibility index (Phi) is 45.4. The average Bonchev–Trinajstić information content (AvgIpc) is 3.17. The summed E-state index contributed by atoms with van der Waals surface area (Å²) in [6.07, 6.45) is -2.52. The Hall–Kier alpha value is -6.92. The van der Waals surface area contributed by atoms with Gasteiger partial charge in [0.2, 0.25) is 0 Å². The van der Waals surface area contributed by atoms with E-state index < -0.39 is 155 Å². The van der Waals surface area contributed by atoms with Crippen LogP contribution in [0, 0.1) is 10.8 Å². The lowest BCUT2D eigenvalue weighted by atomic mass is 9.93. The molecule has 63 heavy (non-hydrogen) atoms. The van der Waals surface area contributed by atoms with E-state index >= 15 is 0 Å². The molecule has 28 heteroatoms. The Labute approximate surface area is 356 Å². The van der Waals surface area contributed by atoms with E-state index in [2.05, 4.69) is 32.9 Å². The fourth-order valence-corrected chi connectivity index (χ4v) is 1.89. The van der Waals surface area contributed by atoms with E-state index in [9.17, 15) is 47.9 Å². The van der Waals surface area contributed by atoms with Crippen molar-refractivity contribution >= 4 is 59.7 Å². The predicted octanol–water partition coefficient (Wildman–Crippen LogP) is -3.61. The van der Waals surface area contributed by atoms with Crippen molar-refractivity contribution in [3.63, 3.8) is 0 Å². The maximum atomic E-state index is 9.87. The second-order valence-electron chi connectivity index (χ2n) is 11.7. The number of rotatable bonds is 23. The number of hydrogen-bond acceptors (Lipinski definition) is 18. The van der Waals surface area contributed by atoms with Crippen LogP contribution >= 0.6 is 0 Å². The number of carboxylic acid groups (broad SMARTS) is 10. The van der Waals surface area contributed by atoms with Gasteiger partial charge in [-0.2, -0.15) is 0 Å². The zero-order valence-electron chi connectivity index (χ0n) is 33.4. The lowest BCUT2D eigenvalue weighted by Gasteiger charge is -2.23. The van der Waals surface area contributed by atoms with Crippen LogP contribution in [0.1, 0.15) is 32.1 Å². The van der Waals surface area contributed by atoms with E-state index in [1.165, 1.54) is 0 Å². The molecule has 0 radical (unpaired) electrons. The maximum Gasteiger partial charge on any atom is 0.331 e. The second kappa shape index (κ2) is 40.5. The molecule has 0 aliphatic rings. The van der Waals surface area contributed by atoms with Crippen LogP contribution in [0.15, 0.2) is 60.8 Å². The highest BCUT2D eigenvalue weighted by Crippen LogP contribution is 2.12. The van der Waals surface area contributed by atoms with Crippen molar-refractivity contribution in [1.82, 2.24) is 0 Å². The quantitative estimate of drug-likeness (QED) is 0.0440. The van der Waals surface area contributed by atoms with Gasteiger partial charge in [0.15, 0.2) is 0 Å². The summed E-state index contributed by atoms with van der Waals surface area (Å²) in [6, 6.07) is 0. The Bertz CT molecular complexity index is 1290. The summed E-state index contributed by atoms with van der Waals surface area (Å²) in [7, 11) is 0. The summed E-state index contributed by atoms with van der Waals surface area (Å²) >= 11 is 0. The van der Waals surface area contributed by atoms with Crippen LogP contribution in [0.4, 0.5) is 0 Å². The van der Waals surface area contributed by atoms with Crippen LogP contribution in [0.3, 0.4) is 0 Å². The molecule has 0 rings (SSSR count). The van der Waals surface area contributed by atoms with Gasteiger partial charge in [0.25, 0.3) is 0 Å². The molecule has 0 heterocycles. The van der Waals surface area contributed by atoms with E-state index in [-0.39, 0.29) is 27.9 Å². The molecule has 362 valence electrons. The Morgan fingerprint density at radius 2 is 0.349 bits per heavy atom. The van der Waals surface area contributed by atoms with Crippen molar-refractivity contribution < 1.29 is 140 Å². The van der Waals surface area contributed by atoms with Gasteiger partial charge in [-0.3, -0.25) is 24.0 Å². The number of hydrogen-bond donors (Lipinski definition) is 18. The van der Waals surface area contributed by atoms with E-state index in [1.54, 1.807) is 0 Å². The highest BCUT2D eigenvalue weighted by molar-refractivity contribution is 5.93. The van der Waals surface area contributed by atoms with Crippen molar-refractivity contribution in [1.29, 1.82) is 0 Å². The highest BCUT2D eigenvalue weighted by atomic mass is 16.4. The summed E-state index contributed by atoms with van der Waals surface area (Å²) < 4.78 is 0. The van der Waals surface area contributed by atoms with Gasteiger partial charge < -0.3 is 91.9 Å². The molecule has 0 aromatic heterocycles. The summed E-state index contributed by atoms with van der Waals surface area (Å²) in [5.41, 5.74) is -3.74. The fraction of sp³-hybridized carbons (Fsp3) is 0.429. The first-order valence-corrected chi connectivity index (χ1v) is 16.2. The topological polar surface area (TPSA) is 535 Å². The molecule has 0 bridgehead atoms. The van der Waals surface area contributed by atoms with Gasteiger partial charge in [-0.1, -0.05) is 32.9 Å². The molecule has 0 aliphatic carbocycles. The minimum Gasteiger partial charge on any atom is -0.481 e. The van der Waals surface area contributed by atoms with Crippen molar-refractivity contribution in [3.05, 3.63) is 60.8 Å². The molecule has 28 nitrogen and oxygen atoms in total. The van der Waals surface area contributed by atoms with Gasteiger partial charge in [0, 0.05) is 27.9 Å². The van der Waals surface area contributed by atoms with E-state index in [1.807, 2.05) is 0 Å². The molecule has 0 unspecified atom stereocenters. The van der Waals surface area contributed by atoms with Crippen molar-refractivity contribution in [2.75, 3.05) is 52.9 Å². The molecule has 0 saturated carbocycles. The summed E-state index contributed by atoms with van der Waals surface area (Å²) in [5, 5.41) is 148. The first kappa shape index (κ1) is 70.6. The van der Waals surface area contributed by atoms with Gasteiger partial charge in [-0.25, -0.2) is 24.0 Å². The average molecular weight is 923 g/mol. The second-order valence-corrected chi connectivity index (χ2v) is 11.7. The number of aliphatic hydroxyl groups is 8. The van der Waals surface area contributed by atoms with Gasteiger partial charge in [-0.15, -0.1) is 0 Å². The highest BCUT2D eigenvalue weighted by Gasteiger charge is 2.27. The van der Waals surface area contributed by atoms with E-state index in [0.717, 1.165) is 0 Å². The minimum absolute atomic E-state index is 0.303. The van der Waals surface area contributed by atoms with Crippen molar-refractivity contribution in [2.45, 2.75) is 32.1 Å². The van der Waals surface area contributed by atoms with E-state index in [4.69, 9.17) is 91.9 Å². The molecule has 0 spiro atoms. The predicted molar refractivity (Wildman–Crippen MR) is 207 cm³/mol. The Balaban J connectivity index is -0.000000116. The van der Waals surface area contributed by atoms with Gasteiger partial charge in [-0.05, 0) is 0 Å².